The molecule has 0 unspecified atom stereocenters. The third-order valence-corrected chi connectivity index (χ3v) is 2.65. The van der Waals surface area contributed by atoms with Crippen LogP contribution in [0.2, 0.25) is 0 Å². The highest BCUT2D eigenvalue weighted by Crippen LogP contribution is 2.22. The van der Waals surface area contributed by atoms with E-state index in [9.17, 15) is 0 Å². The lowest BCUT2D eigenvalue weighted by molar-refractivity contribution is 1.44. The molecule has 1 aromatic carbocycles. The Labute approximate surface area is 84.1 Å². The summed E-state index contributed by atoms with van der Waals surface area (Å²) in [5, 5.41) is 4.15. The van der Waals surface area contributed by atoms with Gasteiger partial charge in [-0.25, -0.2) is 4.98 Å². The second kappa shape index (κ2) is 3.91. The first-order chi connectivity index (χ1) is 6.90. The van der Waals surface area contributed by atoms with Crippen LogP contribution in [0.4, 0.5) is 0 Å². The van der Waals surface area contributed by atoms with Crippen molar-refractivity contribution in [2.24, 2.45) is 5.11 Å². The third kappa shape index (κ3) is 1.74. The monoisotopic (exact) mass is 202 g/mol. The Bertz CT molecular complexity index is 489. The van der Waals surface area contributed by atoms with Crippen LogP contribution in [-0.4, -0.2) is 4.98 Å². The largest absolute Gasteiger partial charge is 0.237 e. The molecule has 68 valence electrons. The number of rotatable bonds is 2. The highest BCUT2D eigenvalue weighted by atomic mass is 32.1. The number of fused-ring (bicyclic) bond motifs is 1. The molecule has 14 heavy (non-hydrogen) atoms. The lowest BCUT2D eigenvalue weighted by Crippen LogP contribution is -1.66. The Morgan fingerprint density at radius 3 is 3.07 bits per heavy atom. The number of para-hydroxylation sites is 1. The van der Waals surface area contributed by atoms with Crippen LogP contribution in [0.25, 0.3) is 26.7 Å². The molecule has 0 N–H and O–H groups in total. The minimum atomic E-state index is 0.846. The number of benzene rings is 1. The van der Waals surface area contributed by atoms with Crippen LogP contribution < -0.4 is 0 Å². The summed E-state index contributed by atoms with van der Waals surface area (Å²) in [6.07, 6.45) is 3.10. The summed E-state index contributed by atoms with van der Waals surface area (Å²) >= 11 is 1.57. The maximum Gasteiger partial charge on any atom is 0.117 e. The fourth-order valence-corrected chi connectivity index (χ4v) is 1.95. The number of hydrogen-bond acceptors (Lipinski definition) is 3. The van der Waals surface area contributed by atoms with E-state index in [2.05, 4.69) is 15.0 Å². The van der Waals surface area contributed by atoms with Gasteiger partial charge in [-0.05, 0) is 23.7 Å². The second-order valence-corrected chi connectivity index (χ2v) is 3.60. The van der Waals surface area contributed by atoms with Crippen LogP contribution >= 0.6 is 11.3 Å². The third-order valence-electron chi connectivity index (χ3n) is 1.65. The van der Waals surface area contributed by atoms with Gasteiger partial charge in [0, 0.05) is 11.1 Å². The summed E-state index contributed by atoms with van der Waals surface area (Å²) < 4.78 is 1.13. The maximum absolute atomic E-state index is 8.07. The normalized spacial score (nSPS) is 10.6. The number of nitrogens with zero attached hydrogens (tertiary/aromatic N) is 4. The molecule has 0 aliphatic carbocycles. The van der Waals surface area contributed by atoms with Crippen molar-refractivity contribution in [2.75, 3.05) is 0 Å². The molecule has 0 fully saturated rings. The Kier molecular flexibility index (Phi) is 2.44. The first kappa shape index (κ1) is 8.74. The van der Waals surface area contributed by atoms with Crippen molar-refractivity contribution in [3.05, 3.63) is 45.9 Å². The predicted molar refractivity (Wildman–Crippen MR) is 57.8 cm³/mol. The molecule has 0 bridgehead atoms. The highest BCUT2D eigenvalue weighted by molar-refractivity contribution is 7.19. The van der Waals surface area contributed by atoms with Gasteiger partial charge in [-0.2, -0.15) is 0 Å². The smallest absolute Gasteiger partial charge is 0.117 e. The van der Waals surface area contributed by atoms with E-state index < -0.39 is 0 Å². The molecule has 0 atom stereocenters. The van der Waals surface area contributed by atoms with E-state index in [4.69, 9.17) is 5.53 Å². The van der Waals surface area contributed by atoms with Crippen LogP contribution in [-0.2, 0) is 0 Å². The van der Waals surface area contributed by atoms with Gasteiger partial charge in [0.15, 0.2) is 0 Å². The Morgan fingerprint density at radius 2 is 2.29 bits per heavy atom. The van der Waals surface area contributed by atoms with E-state index in [-0.39, 0.29) is 0 Å². The number of azide groups is 1. The summed E-state index contributed by atoms with van der Waals surface area (Å²) in [5.74, 6) is 0. The molecule has 0 saturated carbocycles. The second-order valence-electron chi connectivity index (χ2n) is 2.54. The van der Waals surface area contributed by atoms with Gasteiger partial charge in [0.2, 0.25) is 0 Å². The molecule has 0 radical (unpaired) electrons. The maximum atomic E-state index is 8.07. The molecule has 2 aromatic rings. The van der Waals surface area contributed by atoms with Crippen molar-refractivity contribution < 1.29 is 0 Å². The van der Waals surface area contributed by atoms with Crippen LogP contribution in [0.3, 0.4) is 0 Å². The molecule has 1 heterocycles. The van der Waals surface area contributed by atoms with E-state index in [1.807, 2.05) is 24.3 Å². The van der Waals surface area contributed by atoms with Crippen LogP contribution in [0, 0.1) is 0 Å². The SMILES string of the molecule is [N-]=[N+]=NC=Cc1nc2ccccc2s1. The van der Waals surface area contributed by atoms with Gasteiger partial charge < -0.3 is 0 Å². The van der Waals surface area contributed by atoms with Gasteiger partial charge in [0.25, 0.3) is 0 Å². The molecule has 2 rings (SSSR count). The van der Waals surface area contributed by atoms with Crippen molar-refractivity contribution in [3.8, 4) is 0 Å². The number of hydrogen-bond donors (Lipinski definition) is 0. The first-order valence-corrected chi connectivity index (χ1v) is 4.78. The van der Waals surface area contributed by atoms with E-state index >= 15 is 0 Å². The molecule has 4 nitrogen and oxygen atoms in total. The van der Waals surface area contributed by atoms with Crippen molar-refractivity contribution >= 4 is 27.6 Å². The van der Waals surface area contributed by atoms with Gasteiger partial charge in [0.1, 0.15) is 5.01 Å². The summed E-state index contributed by atoms with van der Waals surface area (Å²) in [5.41, 5.74) is 9.04. The molecule has 1 aromatic heterocycles. The molecule has 5 heteroatoms. The zero-order valence-electron chi connectivity index (χ0n) is 7.16. The Hall–Kier alpha value is -1.84. The van der Waals surface area contributed by atoms with E-state index in [0.717, 1.165) is 15.2 Å². The molecule has 0 saturated heterocycles. The van der Waals surface area contributed by atoms with Crippen molar-refractivity contribution in [1.29, 1.82) is 0 Å². The molecule has 0 aliphatic rings. The average Bonchev–Trinajstić information content (AvgIpc) is 2.60. The van der Waals surface area contributed by atoms with Crippen LogP contribution in [0.15, 0.2) is 35.6 Å². The van der Waals surface area contributed by atoms with Gasteiger partial charge in [-0.15, -0.1) is 11.3 Å². The van der Waals surface area contributed by atoms with Gasteiger partial charge in [-0.1, -0.05) is 17.2 Å². The predicted octanol–water partition coefficient (Wildman–Crippen LogP) is 3.58. The lowest BCUT2D eigenvalue weighted by Gasteiger charge is -1.80. The van der Waals surface area contributed by atoms with Crippen LogP contribution in [0.5, 0.6) is 0 Å². The van der Waals surface area contributed by atoms with E-state index in [1.165, 1.54) is 6.20 Å². The average molecular weight is 202 g/mol. The number of thiazole rings is 1. The topological polar surface area (TPSA) is 61.7 Å². The summed E-state index contributed by atoms with van der Waals surface area (Å²) in [7, 11) is 0. The summed E-state index contributed by atoms with van der Waals surface area (Å²) in [6.45, 7) is 0. The first-order valence-electron chi connectivity index (χ1n) is 3.96. The van der Waals surface area contributed by atoms with Gasteiger partial charge >= 0.3 is 0 Å². The fraction of sp³-hybridized carbons (Fsp3) is 0. The molecule has 0 spiro atoms. The molecular weight excluding hydrogens is 196 g/mol. The minimum Gasteiger partial charge on any atom is -0.237 e. The highest BCUT2D eigenvalue weighted by Gasteiger charge is 1.98. The van der Waals surface area contributed by atoms with Crippen molar-refractivity contribution in [2.45, 2.75) is 0 Å². The number of aromatic nitrogens is 1. The Morgan fingerprint density at radius 1 is 1.43 bits per heavy atom. The quantitative estimate of drug-likeness (QED) is 0.417. The van der Waals surface area contributed by atoms with E-state index in [1.54, 1.807) is 17.4 Å². The molecular formula is C9H6N4S. The lowest BCUT2D eigenvalue weighted by atomic mass is 10.3. The van der Waals surface area contributed by atoms with Crippen LogP contribution in [0.1, 0.15) is 5.01 Å². The van der Waals surface area contributed by atoms with Crippen molar-refractivity contribution in [1.82, 2.24) is 4.98 Å². The molecule has 0 aliphatic heterocycles. The summed E-state index contributed by atoms with van der Waals surface area (Å²) in [4.78, 5) is 6.95. The summed E-state index contributed by atoms with van der Waals surface area (Å²) in [6, 6.07) is 7.89. The van der Waals surface area contributed by atoms with E-state index in [0.29, 0.717) is 0 Å². The van der Waals surface area contributed by atoms with Gasteiger partial charge in [-0.3, -0.25) is 0 Å². The fourth-order valence-electron chi connectivity index (χ4n) is 1.09. The standard InChI is InChI=1S/C9H6N4S/c10-13-11-6-5-9-12-7-3-1-2-4-8(7)14-9/h1-6H. The minimum absolute atomic E-state index is 0.846. The zero-order chi connectivity index (χ0) is 9.80. The molecule has 0 amide bonds. The Balaban J connectivity index is 2.40. The van der Waals surface area contributed by atoms with Gasteiger partial charge in [0.05, 0.1) is 10.2 Å². The zero-order valence-corrected chi connectivity index (χ0v) is 7.98. The van der Waals surface area contributed by atoms with Crippen molar-refractivity contribution in [3.63, 3.8) is 0 Å².